The van der Waals surface area contributed by atoms with Gasteiger partial charge in [-0.1, -0.05) is 20.8 Å². The summed E-state index contributed by atoms with van der Waals surface area (Å²) in [6, 6.07) is 2.45. The van der Waals surface area contributed by atoms with Gasteiger partial charge in [-0.3, -0.25) is 4.98 Å². The van der Waals surface area contributed by atoms with Gasteiger partial charge < -0.3 is 15.0 Å². The maximum absolute atomic E-state index is 11.9. The Bertz CT molecular complexity index is 582. The van der Waals surface area contributed by atoms with Gasteiger partial charge in [0, 0.05) is 31.9 Å². The van der Waals surface area contributed by atoms with E-state index >= 15 is 0 Å². The number of carbonyl (C=O) groups is 1. The summed E-state index contributed by atoms with van der Waals surface area (Å²) in [5.41, 5.74) is 1.82. The van der Waals surface area contributed by atoms with Crippen LogP contribution >= 0.6 is 0 Å². The first-order valence-electron chi connectivity index (χ1n) is 8.50. The minimum absolute atomic E-state index is 0.264. The van der Waals surface area contributed by atoms with E-state index in [1.54, 1.807) is 6.20 Å². The van der Waals surface area contributed by atoms with Crippen LogP contribution in [-0.2, 0) is 4.74 Å². The van der Waals surface area contributed by atoms with Crippen molar-refractivity contribution in [1.82, 2.24) is 10.3 Å². The smallest absolute Gasteiger partial charge is 0.339 e. The SMILES string of the molecule is CCOC(=O)c1cncc(N2C[C@H]3CNC(C(C)(C)C)[C@@H]3C2)c1. The molecular weight excluding hydrogens is 290 g/mol. The van der Waals surface area contributed by atoms with Crippen molar-refractivity contribution in [2.24, 2.45) is 17.3 Å². The first-order chi connectivity index (χ1) is 10.9. The van der Waals surface area contributed by atoms with E-state index in [0.717, 1.165) is 25.3 Å². The fourth-order valence-corrected chi connectivity index (χ4v) is 4.01. The van der Waals surface area contributed by atoms with Crippen molar-refractivity contribution in [3.63, 3.8) is 0 Å². The molecule has 126 valence electrons. The van der Waals surface area contributed by atoms with Crippen molar-refractivity contribution in [3.8, 4) is 0 Å². The molecule has 2 saturated heterocycles. The number of ether oxygens (including phenoxy) is 1. The summed E-state index contributed by atoms with van der Waals surface area (Å²) >= 11 is 0. The van der Waals surface area contributed by atoms with Crippen molar-refractivity contribution < 1.29 is 9.53 Å². The molecular formula is C18H27N3O2. The highest BCUT2D eigenvalue weighted by atomic mass is 16.5. The van der Waals surface area contributed by atoms with Crippen LogP contribution in [0.3, 0.4) is 0 Å². The Hall–Kier alpha value is -1.62. The van der Waals surface area contributed by atoms with E-state index in [2.05, 4.69) is 36.0 Å². The summed E-state index contributed by atoms with van der Waals surface area (Å²) < 4.78 is 5.07. The average molecular weight is 317 g/mol. The predicted octanol–water partition coefficient (Wildman–Crippen LogP) is 2.33. The number of hydrogen-bond donors (Lipinski definition) is 1. The number of aromatic nitrogens is 1. The highest BCUT2D eigenvalue weighted by molar-refractivity contribution is 5.90. The van der Waals surface area contributed by atoms with Gasteiger partial charge in [-0.2, -0.15) is 0 Å². The predicted molar refractivity (Wildman–Crippen MR) is 90.6 cm³/mol. The van der Waals surface area contributed by atoms with Crippen LogP contribution in [0.1, 0.15) is 38.1 Å². The molecule has 2 aliphatic heterocycles. The minimum Gasteiger partial charge on any atom is -0.462 e. The van der Waals surface area contributed by atoms with Crippen LogP contribution in [0.5, 0.6) is 0 Å². The molecule has 0 aromatic carbocycles. The van der Waals surface area contributed by atoms with E-state index in [1.165, 1.54) is 0 Å². The van der Waals surface area contributed by atoms with Crippen LogP contribution in [0.2, 0.25) is 0 Å². The van der Waals surface area contributed by atoms with Crippen molar-refractivity contribution >= 4 is 11.7 Å². The quantitative estimate of drug-likeness (QED) is 0.867. The second-order valence-electron chi connectivity index (χ2n) is 7.73. The molecule has 1 N–H and O–H groups in total. The molecule has 2 aliphatic rings. The molecule has 1 unspecified atom stereocenters. The zero-order valence-corrected chi connectivity index (χ0v) is 14.5. The Morgan fingerprint density at radius 1 is 1.39 bits per heavy atom. The molecule has 0 amide bonds. The van der Waals surface area contributed by atoms with Gasteiger partial charge in [-0.25, -0.2) is 4.79 Å². The molecule has 3 rings (SSSR count). The number of nitrogens with zero attached hydrogens (tertiary/aromatic N) is 2. The molecule has 1 aromatic rings. The van der Waals surface area contributed by atoms with E-state index in [4.69, 9.17) is 4.74 Å². The molecule has 3 atom stereocenters. The molecule has 5 heteroatoms. The number of anilines is 1. The lowest BCUT2D eigenvalue weighted by Crippen LogP contribution is -2.42. The summed E-state index contributed by atoms with van der Waals surface area (Å²) in [4.78, 5) is 18.5. The molecule has 2 fully saturated rings. The third-order valence-corrected chi connectivity index (χ3v) is 5.05. The number of esters is 1. The standard InChI is InChI=1S/C18H27N3O2/c1-5-23-17(22)12-6-14(9-19-7-12)21-10-13-8-20-16(15(13)11-21)18(2,3)4/h6-7,9,13,15-16,20H,5,8,10-11H2,1-4H3/t13-,15-,16?/m1/s1. The largest absolute Gasteiger partial charge is 0.462 e. The van der Waals surface area contributed by atoms with Crippen LogP contribution < -0.4 is 10.2 Å². The van der Waals surface area contributed by atoms with E-state index in [-0.39, 0.29) is 11.4 Å². The van der Waals surface area contributed by atoms with Crippen LogP contribution in [0.4, 0.5) is 5.69 Å². The number of carbonyl (C=O) groups excluding carboxylic acids is 1. The Balaban J connectivity index is 1.75. The van der Waals surface area contributed by atoms with Crippen LogP contribution in [0.15, 0.2) is 18.5 Å². The molecule has 0 radical (unpaired) electrons. The Kier molecular flexibility index (Phi) is 4.32. The second-order valence-corrected chi connectivity index (χ2v) is 7.73. The van der Waals surface area contributed by atoms with Gasteiger partial charge in [0.05, 0.1) is 24.1 Å². The van der Waals surface area contributed by atoms with Gasteiger partial charge >= 0.3 is 5.97 Å². The molecule has 5 nitrogen and oxygen atoms in total. The van der Waals surface area contributed by atoms with Gasteiger partial charge in [0.25, 0.3) is 0 Å². The highest BCUT2D eigenvalue weighted by Gasteiger charge is 2.46. The molecule has 1 aromatic heterocycles. The second kappa shape index (κ2) is 6.11. The van der Waals surface area contributed by atoms with E-state index < -0.39 is 0 Å². The fraction of sp³-hybridized carbons (Fsp3) is 0.667. The molecule has 0 bridgehead atoms. The van der Waals surface area contributed by atoms with Crippen molar-refractivity contribution in [3.05, 3.63) is 24.0 Å². The van der Waals surface area contributed by atoms with Gasteiger partial charge in [0.2, 0.25) is 0 Å². The zero-order valence-electron chi connectivity index (χ0n) is 14.5. The van der Waals surface area contributed by atoms with Crippen LogP contribution in [0, 0.1) is 17.3 Å². The van der Waals surface area contributed by atoms with Crippen LogP contribution in [-0.4, -0.2) is 43.2 Å². The lowest BCUT2D eigenvalue weighted by Gasteiger charge is -2.32. The average Bonchev–Trinajstić information content (AvgIpc) is 3.06. The number of hydrogen-bond acceptors (Lipinski definition) is 5. The molecule has 23 heavy (non-hydrogen) atoms. The third kappa shape index (κ3) is 3.20. The molecule has 0 saturated carbocycles. The lowest BCUT2D eigenvalue weighted by molar-refractivity contribution is 0.0526. The summed E-state index contributed by atoms with van der Waals surface area (Å²) in [6.07, 6.45) is 3.43. The first-order valence-corrected chi connectivity index (χ1v) is 8.50. The Labute approximate surface area is 138 Å². The Morgan fingerprint density at radius 2 is 2.17 bits per heavy atom. The third-order valence-electron chi connectivity index (χ3n) is 5.05. The Morgan fingerprint density at radius 3 is 2.87 bits per heavy atom. The minimum atomic E-state index is -0.296. The molecule has 0 aliphatic carbocycles. The van der Waals surface area contributed by atoms with Gasteiger partial charge in [-0.15, -0.1) is 0 Å². The highest BCUT2D eigenvalue weighted by Crippen LogP contribution is 2.40. The normalized spacial score (nSPS) is 27.1. The summed E-state index contributed by atoms with van der Waals surface area (Å²) in [7, 11) is 0. The van der Waals surface area contributed by atoms with Crippen molar-refractivity contribution in [1.29, 1.82) is 0 Å². The van der Waals surface area contributed by atoms with E-state index in [1.807, 2.05) is 19.2 Å². The number of nitrogens with one attached hydrogen (secondary N) is 1. The van der Waals surface area contributed by atoms with Gasteiger partial charge in [0.1, 0.15) is 0 Å². The molecule has 3 heterocycles. The fourth-order valence-electron chi connectivity index (χ4n) is 4.01. The zero-order chi connectivity index (χ0) is 16.6. The lowest BCUT2D eigenvalue weighted by atomic mass is 9.78. The van der Waals surface area contributed by atoms with Gasteiger partial charge in [0.15, 0.2) is 0 Å². The topological polar surface area (TPSA) is 54.5 Å². The maximum Gasteiger partial charge on any atom is 0.339 e. The number of fused-ring (bicyclic) bond motifs is 1. The van der Waals surface area contributed by atoms with Gasteiger partial charge in [-0.05, 0) is 30.2 Å². The number of rotatable bonds is 3. The van der Waals surface area contributed by atoms with Crippen molar-refractivity contribution in [2.75, 3.05) is 31.1 Å². The van der Waals surface area contributed by atoms with E-state index in [0.29, 0.717) is 30.0 Å². The number of pyridine rings is 1. The summed E-state index contributed by atoms with van der Waals surface area (Å²) in [6.45, 7) is 12.2. The molecule has 0 spiro atoms. The van der Waals surface area contributed by atoms with E-state index in [9.17, 15) is 4.79 Å². The monoisotopic (exact) mass is 317 g/mol. The van der Waals surface area contributed by atoms with Crippen LogP contribution in [0.25, 0.3) is 0 Å². The summed E-state index contributed by atoms with van der Waals surface area (Å²) in [5, 5.41) is 3.70. The summed E-state index contributed by atoms with van der Waals surface area (Å²) in [5.74, 6) is 1.03. The van der Waals surface area contributed by atoms with Crippen molar-refractivity contribution in [2.45, 2.75) is 33.7 Å². The maximum atomic E-state index is 11.9. The first kappa shape index (κ1) is 16.2.